The Morgan fingerprint density at radius 1 is 1.79 bits per heavy atom. The molecule has 5 heteroatoms. The van der Waals surface area contributed by atoms with Gasteiger partial charge < -0.3 is 10.2 Å². The third kappa shape index (κ3) is 1.78. The summed E-state index contributed by atoms with van der Waals surface area (Å²) >= 11 is 1.40. The van der Waals surface area contributed by atoms with Crippen LogP contribution in [0.25, 0.3) is 0 Å². The van der Waals surface area contributed by atoms with Crippen molar-refractivity contribution in [1.29, 1.82) is 0 Å². The first-order chi connectivity index (χ1) is 6.79. The molecule has 1 amide bonds. The van der Waals surface area contributed by atoms with Gasteiger partial charge in [-0.2, -0.15) is 0 Å². The lowest BCUT2D eigenvalue weighted by Gasteiger charge is -2.33. The van der Waals surface area contributed by atoms with Crippen LogP contribution in [0.1, 0.15) is 16.6 Å². The summed E-state index contributed by atoms with van der Waals surface area (Å²) in [6.07, 6.45) is 1.64. The van der Waals surface area contributed by atoms with Crippen molar-refractivity contribution in [1.82, 2.24) is 15.2 Å². The Morgan fingerprint density at radius 3 is 3.29 bits per heavy atom. The van der Waals surface area contributed by atoms with Crippen molar-refractivity contribution in [2.24, 2.45) is 0 Å². The average Bonchev–Trinajstić information content (AvgIpc) is 2.70. The Kier molecular flexibility index (Phi) is 2.79. The standard InChI is InChI=1S/C9H13N3OS/c1-7-4-10-2-3-12(7)9(13)8-5-11-6-14-8/h5-7,10H,2-4H2,1H3. The summed E-state index contributed by atoms with van der Waals surface area (Å²) < 4.78 is 0. The molecule has 0 saturated carbocycles. The molecule has 0 aromatic carbocycles. The second-order valence-electron chi connectivity index (χ2n) is 3.42. The molecule has 1 aromatic rings. The minimum Gasteiger partial charge on any atom is -0.333 e. The third-order valence-corrected chi connectivity index (χ3v) is 3.17. The first kappa shape index (κ1) is 9.61. The minimum absolute atomic E-state index is 0.113. The molecule has 1 aromatic heterocycles. The van der Waals surface area contributed by atoms with Crippen LogP contribution in [-0.4, -0.2) is 41.5 Å². The van der Waals surface area contributed by atoms with Gasteiger partial charge in [0.2, 0.25) is 0 Å². The van der Waals surface area contributed by atoms with Crippen LogP contribution in [0.5, 0.6) is 0 Å². The number of carbonyl (C=O) groups excluding carboxylic acids is 1. The van der Waals surface area contributed by atoms with Crippen molar-refractivity contribution in [3.8, 4) is 0 Å². The van der Waals surface area contributed by atoms with E-state index < -0.39 is 0 Å². The molecule has 1 aliphatic rings. The van der Waals surface area contributed by atoms with Gasteiger partial charge in [-0.3, -0.25) is 9.78 Å². The van der Waals surface area contributed by atoms with Gasteiger partial charge in [0.25, 0.3) is 5.91 Å². The normalized spacial score (nSPS) is 22.4. The van der Waals surface area contributed by atoms with Crippen molar-refractivity contribution >= 4 is 17.2 Å². The zero-order valence-corrected chi connectivity index (χ0v) is 8.88. The Morgan fingerprint density at radius 2 is 2.64 bits per heavy atom. The number of thiazole rings is 1. The maximum absolute atomic E-state index is 11.9. The molecule has 1 unspecified atom stereocenters. The molecular formula is C9H13N3OS. The van der Waals surface area contributed by atoms with E-state index in [1.807, 2.05) is 4.90 Å². The Balaban J connectivity index is 2.10. The predicted molar refractivity (Wildman–Crippen MR) is 55.5 cm³/mol. The molecule has 0 spiro atoms. The van der Waals surface area contributed by atoms with E-state index in [2.05, 4.69) is 17.2 Å². The third-order valence-electron chi connectivity index (χ3n) is 2.41. The van der Waals surface area contributed by atoms with Crippen LogP contribution in [0.4, 0.5) is 0 Å². The van der Waals surface area contributed by atoms with E-state index in [9.17, 15) is 4.79 Å². The van der Waals surface area contributed by atoms with E-state index >= 15 is 0 Å². The molecule has 4 nitrogen and oxygen atoms in total. The molecule has 1 aliphatic heterocycles. The molecular weight excluding hydrogens is 198 g/mol. The van der Waals surface area contributed by atoms with Crippen LogP contribution >= 0.6 is 11.3 Å². The largest absolute Gasteiger partial charge is 0.333 e. The van der Waals surface area contributed by atoms with E-state index in [-0.39, 0.29) is 11.9 Å². The first-order valence-corrected chi connectivity index (χ1v) is 5.57. The summed E-state index contributed by atoms with van der Waals surface area (Å²) in [5, 5.41) is 3.26. The number of rotatable bonds is 1. The maximum Gasteiger partial charge on any atom is 0.265 e. The second-order valence-corrected chi connectivity index (χ2v) is 4.30. The molecule has 1 fully saturated rings. The quantitative estimate of drug-likeness (QED) is 0.739. The molecule has 2 heterocycles. The number of aromatic nitrogens is 1. The number of carbonyl (C=O) groups is 1. The molecule has 1 N–H and O–H groups in total. The highest BCUT2D eigenvalue weighted by atomic mass is 32.1. The molecule has 14 heavy (non-hydrogen) atoms. The fraction of sp³-hybridized carbons (Fsp3) is 0.556. The molecule has 1 saturated heterocycles. The summed E-state index contributed by atoms with van der Waals surface area (Å²) in [5.74, 6) is 0.113. The van der Waals surface area contributed by atoms with Gasteiger partial charge in [-0.1, -0.05) is 0 Å². The summed E-state index contributed by atoms with van der Waals surface area (Å²) in [7, 11) is 0. The van der Waals surface area contributed by atoms with E-state index in [4.69, 9.17) is 0 Å². The van der Waals surface area contributed by atoms with Gasteiger partial charge in [0, 0.05) is 25.7 Å². The summed E-state index contributed by atoms with van der Waals surface area (Å²) in [6, 6.07) is 0.276. The molecule has 76 valence electrons. The number of piperazine rings is 1. The van der Waals surface area contributed by atoms with E-state index in [1.54, 1.807) is 11.7 Å². The SMILES string of the molecule is CC1CNCCN1C(=O)c1cncs1. The number of nitrogens with one attached hydrogen (secondary N) is 1. The van der Waals surface area contributed by atoms with Crippen molar-refractivity contribution in [3.63, 3.8) is 0 Å². The van der Waals surface area contributed by atoms with Crippen LogP contribution in [0.3, 0.4) is 0 Å². The van der Waals surface area contributed by atoms with Crippen molar-refractivity contribution in [2.45, 2.75) is 13.0 Å². The smallest absolute Gasteiger partial charge is 0.265 e. The number of nitrogens with zero attached hydrogens (tertiary/aromatic N) is 2. The van der Waals surface area contributed by atoms with Gasteiger partial charge in [0.15, 0.2) is 0 Å². The van der Waals surface area contributed by atoms with Crippen molar-refractivity contribution in [2.75, 3.05) is 19.6 Å². The highest BCUT2D eigenvalue weighted by Gasteiger charge is 2.24. The highest BCUT2D eigenvalue weighted by Crippen LogP contribution is 2.13. The monoisotopic (exact) mass is 211 g/mol. The molecule has 0 bridgehead atoms. The second kappa shape index (κ2) is 4.06. The van der Waals surface area contributed by atoms with Crippen LogP contribution in [0.2, 0.25) is 0 Å². The topological polar surface area (TPSA) is 45.2 Å². The van der Waals surface area contributed by atoms with Crippen molar-refractivity contribution < 1.29 is 4.79 Å². The first-order valence-electron chi connectivity index (χ1n) is 4.69. The van der Waals surface area contributed by atoms with Gasteiger partial charge in [0.1, 0.15) is 4.88 Å². The summed E-state index contributed by atoms with van der Waals surface area (Å²) in [6.45, 7) is 4.61. The molecule has 0 aliphatic carbocycles. The highest BCUT2D eigenvalue weighted by molar-refractivity contribution is 7.11. The van der Waals surface area contributed by atoms with Gasteiger partial charge in [-0.25, -0.2) is 0 Å². The predicted octanol–water partition coefficient (Wildman–Crippen LogP) is 0.577. The van der Waals surface area contributed by atoms with Gasteiger partial charge in [-0.05, 0) is 6.92 Å². The Hall–Kier alpha value is -0.940. The molecule has 1 atom stereocenters. The maximum atomic E-state index is 11.9. The number of hydrogen-bond donors (Lipinski definition) is 1. The fourth-order valence-corrected chi connectivity index (χ4v) is 2.18. The van der Waals surface area contributed by atoms with Crippen LogP contribution in [0.15, 0.2) is 11.7 Å². The lowest BCUT2D eigenvalue weighted by molar-refractivity contribution is 0.0660. The number of amides is 1. The zero-order valence-electron chi connectivity index (χ0n) is 8.06. The summed E-state index contributed by atoms with van der Waals surface area (Å²) in [4.78, 5) is 18.5. The van der Waals surface area contributed by atoms with E-state index in [0.29, 0.717) is 0 Å². The van der Waals surface area contributed by atoms with Gasteiger partial charge in [-0.15, -0.1) is 11.3 Å². The van der Waals surface area contributed by atoms with E-state index in [1.165, 1.54) is 11.3 Å². The van der Waals surface area contributed by atoms with E-state index in [0.717, 1.165) is 24.5 Å². The minimum atomic E-state index is 0.113. The Bertz CT molecular complexity index is 312. The fourth-order valence-electron chi connectivity index (χ4n) is 1.61. The average molecular weight is 211 g/mol. The van der Waals surface area contributed by atoms with Crippen molar-refractivity contribution in [3.05, 3.63) is 16.6 Å². The van der Waals surface area contributed by atoms with Crippen LogP contribution < -0.4 is 5.32 Å². The summed E-state index contributed by atoms with van der Waals surface area (Å²) in [5.41, 5.74) is 1.69. The Labute approximate surface area is 86.9 Å². The lowest BCUT2D eigenvalue weighted by Crippen LogP contribution is -2.52. The van der Waals surface area contributed by atoms with Gasteiger partial charge >= 0.3 is 0 Å². The lowest BCUT2D eigenvalue weighted by atomic mass is 10.2. The van der Waals surface area contributed by atoms with Crippen LogP contribution in [0, 0.1) is 0 Å². The number of hydrogen-bond acceptors (Lipinski definition) is 4. The zero-order chi connectivity index (χ0) is 9.97. The van der Waals surface area contributed by atoms with Gasteiger partial charge in [0.05, 0.1) is 11.7 Å². The van der Waals surface area contributed by atoms with Crippen LogP contribution in [-0.2, 0) is 0 Å². The molecule has 0 radical (unpaired) electrons. The molecule has 2 rings (SSSR count).